The quantitative estimate of drug-likeness (QED) is 0.378. The summed E-state index contributed by atoms with van der Waals surface area (Å²) in [6.07, 6.45) is 1.90. The third-order valence-electron chi connectivity index (χ3n) is 4.20. The van der Waals surface area contributed by atoms with Gasteiger partial charge < -0.3 is 0 Å². The molecular formula is C22H16. The van der Waals surface area contributed by atoms with E-state index in [0.29, 0.717) is 0 Å². The highest BCUT2D eigenvalue weighted by atomic mass is 14.1. The lowest BCUT2D eigenvalue weighted by Crippen LogP contribution is -1.84. The molecule has 0 aliphatic rings. The van der Waals surface area contributed by atoms with Gasteiger partial charge in [0.2, 0.25) is 0 Å². The fourth-order valence-corrected chi connectivity index (χ4v) is 3.13. The number of hydrogen-bond donors (Lipinski definition) is 0. The topological polar surface area (TPSA) is 0 Å². The molecule has 0 atom stereocenters. The Bertz CT molecular complexity index is 993. The van der Waals surface area contributed by atoms with E-state index in [2.05, 4.69) is 85.4 Å². The van der Waals surface area contributed by atoms with E-state index in [4.69, 9.17) is 0 Å². The predicted octanol–water partition coefficient (Wildman–Crippen LogP) is 6.30. The van der Waals surface area contributed by atoms with E-state index in [0.717, 1.165) is 5.56 Å². The Hall–Kier alpha value is -2.86. The van der Waals surface area contributed by atoms with Crippen molar-refractivity contribution in [3.63, 3.8) is 0 Å². The molecule has 0 aromatic heterocycles. The molecule has 0 bridgehead atoms. The van der Waals surface area contributed by atoms with Crippen molar-refractivity contribution in [2.45, 2.75) is 0 Å². The van der Waals surface area contributed by atoms with Gasteiger partial charge in [0.15, 0.2) is 0 Å². The Morgan fingerprint density at radius 2 is 1.45 bits per heavy atom. The van der Waals surface area contributed by atoms with E-state index >= 15 is 0 Å². The Labute approximate surface area is 130 Å². The third kappa shape index (κ3) is 2.01. The van der Waals surface area contributed by atoms with Gasteiger partial charge in [0.05, 0.1) is 0 Å². The number of rotatable bonds is 2. The first kappa shape index (κ1) is 12.8. The van der Waals surface area contributed by atoms with Crippen LogP contribution in [-0.4, -0.2) is 0 Å². The van der Waals surface area contributed by atoms with E-state index < -0.39 is 0 Å². The van der Waals surface area contributed by atoms with Crippen LogP contribution in [0.3, 0.4) is 0 Å². The van der Waals surface area contributed by atoms with Crippen LogP contribution in [0.4, 0.5) is 0 Å². The van der Waals surface area contributed by atoms with E-state index in [9.17, 15) is 0 Å². The summed E-state index contributed by atoms with van der Waals surface area (Å²) in [6, 6.07) is 28.0. The lowest BCUT2D eigenvalue weighted by Gasteiger charge is -2.11. The average Bonchev–Trinajstić information content (AvgIpc) is 2.61. The van der Waals surface area contributed by atoms with Crippen LogP contribution in [0.15, 0.2) is 85.4 Å². The zero-order valence-corrected chi connectivity index (χ0v) is 12.3. The van der Waals surface area contributed by atoms with Gasteiger partial charge in [-0.15, -0.1) is 0 Å². The summed E-state index contributed by atoms with van der Waals surface area (Å²) in [7, 11) is 0. The average molecular weight is 280 g/mol. The smallest absolute Gasteiger partial charge is 0.00268 e. The molecule has 0 unspecified atom stereocenters. The first-order chi connectivity index (χ1) is 10.9. The molecule has 0 aliphatic heterocycles. The monoisotopic (exact) mass is 280 g/mol. The maximum atomic E-state index is 3.88. The standard InChI is InChI=1S/C22H16/c1-2-16-7-5-10-19(15-16)21-12-6-9-18-14-13-17-8-3-4-11-20(17)22(18)21/h2-15H,1H2. The summed E-state index contributed by atoms with van der Waals surface area (Å²) < 4.78 is 0. The molecule has 0 fully saturated rings. The molecule has 0 N–H and O–H groups in total. The summed E-state index contributed by atoms with van der Waals surface area (Å²) in [5.74, 6) is 0. The lowest BCUT2D eigenvalue weighted by atomic mass is 9.93. The molecule has 0 heterocycles. The minimum atomic E-state index is 1.15. The molecule has 4 aromatic carbocycles. The summed E-state index contributed by atoms with van der Waals surface area (Å²) >= 11 is 0. The van der Waals surface area contributed by atoms with Gasteiger partial charge in [-0.3, -0.25) is 0 Å². The van der Waals surface area contributed by atoms with Crippen LogP contribution in [0.25, 0.3) is 38.7 Å². The van der Waals surface area contributed by atoms with Gasteiger partial charge in [0.1, 0.15) is 0 Å². The molecule has 0 radical (unpaired) electrons. The molecule has 0 spiro atoms. The van der Waals surface area contributed by atoms with Crippen LogP contribution in [0, 0.1) is 0 Å². The molecule has 0 amide bonds. The van der Waals surface area contributed by atoms with Crippen LogP contribution in [0.1, 0.15) is 5.56 Å². The molecule has 0 heteroatoms. The van der Waals surface area contributed by atoms with Crippen molar-refractivity contribution in [3.8, 4) is 11.1 Å². The van der Waals surface area contributed by atoms with E-state index in [1.165, 1.54) is 32.7 Å². The number of hydrogen-bond acceptors (Lipinski definition) is 0. The maximum absolute atomic E-state index is 3.88. The van der Waals surface area contributed by atoms with Gasteiger partial charge in [-0.1, -0.05) is 85.5 Å². The molecule has 104 valence electrons. The molecule has 4 rings (SSSR count). The van der Waals surface area contributed by atoms with Crippen molar-refractivity contribution >= 4 is 27.6 Å². The fraction of sp³-hybridized carbons (Fsp3) is 0. The summed E-state index contributed by atoms with van der Waals surface area (Å²) in [5.41, 5.74) is 3.66. The fourth-order valence-electron chi connectivity index (χ4n) is 3.13. The maximum Gasteiger partial charge on any atom is -0.00268 e. The normalized spacial score (nSPS) is 10.9. The summed E-state index contributed by atoms with van der Waals surface area (Å²) in [4.78, 5) is 0. The predicted molar refractivity (Wildman–Crippen MR) is 97.0 cm³/mol. The van der Waals surface area contributed by atoms with E-state index in [1.54, 1.807) is 0 Å². The van der Waals surface area contributed by atoms with Gasteiger partial charge in [0, 0.05) is 0 Å². The van der Waals surface area contributed by atoms with Gasteiger partial charge in [-0.05, 0) is 44.3 Å². The number of fused-ring (bicyclic) bond motifs is 3. The van der Waals surface area contributed by atoms with E-state index in [1.807, 2.05) is 6.08 Å². The van der Waals surface area contributed by atoms with Gasteiger partial charge in [-0.25, -0.2) is 0 Å². The highest BCUT2D eigenvalue weighted by molar-refractivity contribution is 6.14. The molecule has 0 saturated heterocycles. The van der Waals surface area contributed by atoms with Crippen molar-refractivity contribution in [1.29, 1.82) is 0 Å². The van der Waals surface area contributed by atoms with Crippen LogP contribution in [0.5, 0.6) is 0 Å². The molecule has 0 aliphatic carbocycles. The Morgan fingerprint density at radius 3 is 2.36 bits per heavy atom. The SMILES string of the molecule is C=Cc1cccc(-c2cccc3ccc4ccccc4c23)c1. The van der Waals surface area contributed by atoms with Gasteiger partial charge in [0.25, 0.3) is 0 Å². The van der Waals surface area contributed by atoms with Crippen molar-refractivity contribution in [2.75, 3.05) is 0 Å². The molecule has 0 nitrogen and oxygen atoms in total. The zero-order valence-electron chi connectivity index (χ0n) is 12.3. The second-order valence-corrected chi connectivity index (χ2v) is 5.52. The molecule has 0 saturated carbocycles. The van der Waals surface area contributed by atoms with Gasteiger partial charge in [-0.2, -0.15) is 0 Å². The summed E-state index contributed by atoms with van der Waals surface area (Å²) in [6.45, 7) is 3.88. The lowest BCUT2D eigenvalue weighted by molar-refractivity contribution is 1.63. The highest BCUT2D eigenvalue weighted by Gasteiger charge is 2.07. The zero-order chi connectivity index (χ0) is 14.9. The molecule has 4 aromatic rings. The van der Waals surface area contributed by atoms with Crippen LogP contribution < -0.4 is 0 Å². The molecular weight excluding hydrogens is 264 g/mol. The van der Waals surface area contributed by atoms with Crippen LogP contribution in [-0.2, 0) is 0 Å². The van der Waals surface area contributed by atoms with Crippen LogP contribution in [0.2, 0.25) is 0 Å². The van der Waals surface area contributed by atoms with Crippen molar-refractivity contribution < 1.29 is 0 Å². The first-order valence-electron chi connectivity index (χ1n) is 7.50. The van der Waals surface area contributed by atoms with Crippen LogP contribution >= 0.6 is 0 Å². The number of benzene rings is 4. The minimum Gasteiger partial charge on any atom is -0.0985 e. The Balaban J connectivity index is 2.13. The second kappa shape index (κ2) is 5.16. The van der Waals surface area contributed by atoms with Crippen molar-refractivity contribution in [3.05, 3.63) is 91.0 Å². The third-order valence-corrected chi connectivity index (χ3v) is 4.20. The highest BCUT2D eigenvalue weighted by Crippen LogP contribution is 2.34. The Kier molecular flexibility index (Phi) is 3.01. The van der Waals surface area contributed by atoms with Crippen molar-refractivity contribution in [2.24, 2.45) is 0 Å². The second-order valence-electron chi connectivity index (χ2n) is 5.52. The van der Waals surface area contributed by atoms with E-state index in [-0.39, 0.29) is 0 Å². The minimum absolute atomic E-state index is 1.15. The largest absolute Gasteiger partial charge is 0.0985 e. The first-order valence-corrected chi connectivity index (χ1v) is 7.50. The summed E-state index contributed by atoms with van der Waals surface area (Å²) in [5, 5.41) is 5.18. The molecule has 22 heavy (non-hydrogen) atoms. The Morgan fingerprint density at radius 1 is 0.682 bits per heavy atom. The van der Waals surface area contributed by atoms with Crippen molar-refractivity contribution in [1.82, 2.24) is 0 Å². The van der Waals surface area contributed by atoms with Gasteiger partial charge >= 0.3 is 0 Å².